The Labute approximate surface area is 274 Å². The smallest absolute Gasteiger partial charge is 0.434 e. The molecule has 3 N–H and O–H groups in total. The summed E-state index contributed by atoms with van der Waals surface area (Å²) in [6, 6.07) is 7.00. The number of allylic oxidation sites excluding steroid dienone is 7. The Morgan fingerprint density at radius 3 is 2.35 bits per heavy atom. The van der Waals surface area contributed by atoms with Gasteiger partial charge in [-0.2, -0.15) is 13.2 Å². The largest absolute Gasteiger partial charge is 0.498 e. The third-order valence-corrected chi connectivity index (χ3v) is 7.11. The van der Waals surface area contributed by atoms with Gasteiger partial charge in [0, 0.05) is 30.3 Å². The summed E-state index contributed by atoms with van der Waals surface area (Å²) in [5.41, 5.74) is -3.10. The number of ether oxygens (including phenoxy) is 5. The molecule has 13 nitrogen and oxygen atoms in total. The van der Waals surface area contributed by atoms with Crippen LogP contribution in [-0.2, 0) is 23.8 Å². The summed E-state index contributed by atoms with van der Waals surface area (Å²) < 4.78 is 68.9. The zero-order valence-corrected chi connectivity index (χ0v) is 26.8. The van der Waals surface area contributed by atoms with Gasteiger partial charge in [0.1, 0.15) is 54.7 Å². The normalized spacial score (nSPS) is 18.6. The van der Waals surface area contributed by atoms with E-state index in [0.29, 0.717) is 18.0 Å². The van der Waals surface area contributed by atoms with E-state index in [1.54, 1.807) is 24.3 Å². The van der Waals surface area contributed by atoms with Gasteiger partial charge in [-0.05, 0) is 31.2 Å². The van der Waals surface area contributed by atoms with E-state index in [1.807, 2.05) is 13.8 Å². The standard InChI is InChI=1S/C32H38F3N3O10/c1-19(2)36-16-21(40)18-48-23-10-8-22(9-11-23)46-14-12-45-13-15-47-31(41)27-20(3)37-30(32(33,34)35)29(44-4)28(27)24-6-5-7-26(38(42)43)25(24)17-39/h5-11,19,21,24,28,36-37,40H,12-16,18H2,1-4H3. The minimum atomic E-state index is -4.95. The molecular formula is C32H38F3N3O10. The van der Waals surface area contributed by atoms with Crippen LogP contribution in [0.25, 0.3) is 0 Å². The molecule has 1 aliphatic heterocycles. The Hall–Kier alpha value is -4.63. The van der Waals surface area contributed by atoms with Gasteiger partial charge < -0.3 is 39.4 Å². The maximum atomic E-state index is 14.0. The predicted molar refractivity (Wildman–Crippen MR) is 165 cm³/mol. The van der Waals surface area contributed by atoms with Crippen LogP contribution in [0.1, 0.15) is 20.8 Å². The Bertz CT molecular complexity index is 1480. The van der Waals surface area contributed by atoms with Crippen molar-refractivity contribution in [2.24, 2.45) is 11.8 Å². The summed E-state index contributed by atoms with van der Waals surface area (Å²) in [6.45, 7) is 5.58. The quantitative estimate of drug-likeness (QED) is 0.0722. The molecule has 0 bridgehead atoms. The second-order valence-electron chi connectivity index (χ2n) is 10.9. The average molecular weight is 682 g/mol. The van der Waals surface area contributed by atoms with Crippen molar-refractivity contribution in [3.63, 3.8) is 0 Å². The number of rotatable bonds is 17. The van der Waals surface area contributed by atoms with E-state index in [-0.39, 0.29) is 50.3 Å². The van der Waals surface area contributed by atoms with Gasteiger partial charge in [-0.1, -0.05) is 26.0 Å². The van der Waals surface area contributed by atoms with Crippen molar-refractivity contribution in [3.05, 3.63) is 86.6 Å². The van der Waals surface area contributed by atoms with Crippen molar-refractivity contribution in [2.75, 3.05) is 46.7 Å². The van der Waals surface area contributed by atoms with E-state index in [2.05, 4.69) is 10.6 Å². The summed E-state index contributed by atoms with van der Waals surface area (Å²) >= 11 is 0. The number of halogens is 3. The van der Waals surface area contributed by atoms with Gasteiger partial charge in [-0.3, -0.25) is 10.1 Å². The van der Waals surface area contributed by atoms with Crippen molar-refractivity contribution in [1.29, 1.82) is 0 Å². The third kappa shape index (κ3) is 10.2. The monoisotopic (exact) mass is 681 g/mol. The number of carbonyl (C=O) groups is 1. The van der Waals surface area contributed by atoms with Gasteiger partial charge in [0.2, 0.25) is 0 Å². The third-order valence-electron chi connectivity index (χ3n) is 7.11. The molecule has 16 heteroatoms. The number of hydrogen-bond donors (Lipinski definition) is 3. The summed E-state index contributed by atoms with van der Waals surface area (Å²) in [5.74, 6) is -2.24. The van der Waals surface area contributed by atoms with Crippen LogP contribution in [0.3, 0.4) is 0 Å². The molecule has 1 aromatic carbocycles. The molecule has 3 atom stereocenters. The lowest BCUT2D eigenvalue weighted by Crippen LogP contribution is -2.40. The van der Waals surface area contributed by atoms with E-state index in [1.165, 1.54) is 25.0 Å². The lowest BCUT2D eigenvalue weighted by Gasteiger charge is -2.35. The molecule has 0 spiro atoms. The van der Waals surface area contributed by atoms with Crippen LogP contribution < -0.4 is 20.1 Å². The molecule has 48 heavy (non-hydrogen) atoms. The topological polar surface area (TPSA) is 168 Å². The molecule has 3 unspecified atom stereocenters. The Balaban J connectivity index is 1.56. The first kappa shape index (κ1) is 37.8. The predicted octanol–water partition coefficient (Wildman–Crippen LogP) is 3.38. The molecule has 0 saturated heterocycles. The van der Waals surface area contributed by atoms with Gasteiger partial charge in [0.05, 0.1) is 36.7 Å². The second-order valence-corrected chi connectivity index (χ2v) is 10.9. The number of aliphatic hydroxyl groups excluding tert-OH is 1. The number of alkyl halides is 3. The number of nitro groups is 1. The maximum Gasteiger partial charge on any atom is 0.434 e. The molecule has 0 aromatic heterocycles. The van der Waals surface area contributed by atoms with Crippen LogP contribution >= 0.6 is 0 Å². The van der Waals surface area contributed by atoms with Crippen LogP contribution in [0.2, 0.25) is 0 Å². The second kappa shape index (κ2) is 17.5. The number of hydrogen-bond acceptors (Lipinski definition) is 12. The Morgan fingerprint density at radius 2 is 1.77 bits per heavy atom. The molecule has 2 aliphatic rings. The molecule has 262 valence electrons. The van der Waals surface area contributed by atoms with Crippen LogP contribution in [0.5, 0.6) is 11.5 Å². The minimum Gasteiger partial charge on any atom is -0.498 e. The van der Waals surface area contributed by atoms with Crippen LogP contribution in [0, 0.1) is 22.0 Å². The molecule has 1 aliphatic carbocycles. The Kier molecular flexibility index (Phi) is 13.8. The summed E-state index contributed by atoms with van der Waals surface area (Å²) in [4.78, 5) is 35.8. The van der Waals surface area contributed by atoms with Crippen molar-refractivity contribution >= 4 is 11.9 Å². The molecule has 3 rings (SSSR count). The maximum absolute atomic E-state index is 14.0. The first-order valence-electron chi connectivity index (χ1n) is 14.9. The first-order chi connectivity index (χ1) is 22.8. The SMILES string of the molecule is COC1=C(C(F)(F)F)NC(C)=C(C(=O)OCCOCCOc2ccc(OCC(O)CNC(C)C)cc2)C1C1C=CC=C([N+](=O)[O-])C1=C=O. The van der Waals surface area contributed by atoms with E-state index in [0.717, 1.165) is 13.2 Å². The van der Waals surface area contributed by atoms with E-state index >= 15 is 0 Å². The fourth-order valence-electron chi connectivity index (χ4n) is 4.93. The van der Waals surface area contributed by atoms with Gasteiger partial charge in [-0.15, -0.1) is 0 Å². The number of nitrogens with zero attached hydrogens (tertiary/aromatic N) is 1. The summed E-state index contributed by atoms with van der Waals surface area (Å²) in [7, 11) is 0.956. The molecule has 0 amide bonds. The fourth-order valence-corrected chi connectivity index (χ4v) is 4.93. The zero-order valence-electron chi connectivity index (χ0n) is 26.8. The van der Waals surface area contributed by atoms with E-state index < -0.39 is 57.7 Å². The summed E-state index contributed by atoms with van der Waals surface area (Å²) in [5, 5.41) is 26.8. The fraction of sp³-hybridized carbons (Fsp3) is 0.469. The van der Waals surface area contributed by atoms with Crippen molar-refractivity contribution < 1.29 is 56.5 Å². The molecule has 0 fully saturated rings. The number of methoxy groups -OCH3 is 1. The van der Waals surface area contributed by atoms with Gasteiger partial charge in [0.15, 0.2) is 5.70 Å². The average Bonchev–Trinajstić information content (AvgIpc) is 3.04. The number of aliphatic hydroxyl groups is 1. The van der Waals surface area contributed by atoms with Crippen molar-refractivity contribution in [1.82, 2.24) is 10.6 Å². The molecular weight excluding hydrogens is 643 g/mol. The number of nitrogens with one attached hydrogen (secondary N) is 2. The number of esters is 1. The minimum absolute atomic E-state index is 0.0852. The highest BCUT2D eigenvalue weighted by molar-refractivity contribution is 5.91. The number of carbonyl (C=O) groups excluding carboxylic acids is 2. The lowest BCUT2D eigenvalue weighted by molar-refractivity contribution is -0.421. The van der Waals surface area contributed by atoms with Gasteiger partial charge in [-0.25, -0.2) is 9.59 Å². The highest BCUT2D eigenvalue weighted by atomic mass is 19.4. The molecule has 0 saturated carbocycles. The van der Waals surface area contributed by atoms with Crippen molar-refractivity contribution in [3.8, 4) is 11.5 Å². The first-order valence-corrected chi connectivity index (χ1v) is 14.9. The van der Waals surface area contributed by atoms with Gasteiger partial charge in [0.25, 0.3) is 5.70 Å². The van der Waals surface area contributed by atoms with E-state index in [4.69, 9.17) is 23.7 Å². The molecule has 1 aromatic rings. The Morgan fingerprint density at radius 1 is 1.12 bits per heavy atom. The van der Waals surface area contributed by atoms with Crippen LogP contribution in [0.15, 0.2) is 76.5 Å². The van der Waals surface area contributed by atoms with Crippen LogP contribution in [-0.4, -0.2) is 87.0 Å². The van der Waals surface area contributed by atoms with E-state index in [9.17, 15) is 38.0 Å². The molecule has 0 radical (unpaired) electrons. The lowest BCUT2D eigenvalue weighted by atomic mass is 9.74. The number of benzene rings is 1. The highest BCUT2D eigenvalue weighted by Crippen LogP contribution is 2.45. The highest BCUT2D eigenvalue weighted by Gasteiger charge is 2.49. The van der Waals surface area contributed by atoms with Gasteiger partial charge >= 0.3 is 12.1 Å². The zero-order chi connectivity index (χ0) is 35.4. The molecule has 1 heterocycles. The summed E-state index contributed by atoms with van der Waals surface area (Å²) in [6.07, 6.45) is -2.13. The van der Waals surface area contributed by atoms with Crippen LogP contribution in [0.4, 0.5) is 13.2 Å². The number of dihydropyridines is 1. The van der Waals surface area contributed by atoms with Crippen molar-refractivity contribution in [2.45, 2.75) is 39.1 Å².